The molecule has 1 aliphatic heterocycles. The largest absolute Gasteiger partial charge is 0.381 e. The standard InChI is InChI=1S/C13H17BrCl2N2O/c1-8(6-9-7-19-5-4-17-9)18-11-3-2-10(14)12(15)13(11)16/h2-3,8-9,17-18H,4-7H2,1H3. The van der Waals surface area contributed by atoms with Gasteiger partial charge in [0.05, 0.1) is 28.9 Å². The van der Waals surface area contributed by atoms with Crippen molar-refractivity contribution in [2.75, 3.05) is 25.1 Å². The Bertz CT molecular complexity index is 439. The molecule has 2 atom stereocenters. The van der Waals surface area contributed by atoms with Gasteiger partial charge in [0.25, 0.3) is 0 Å². The van der Waals surface area contributed by atoms with E-state index >= 15 is 0 Å². The summed E-state index contributed by atoms with van der Waals surface area (Å²) in [5.74, 6) is 0. The summed E-state index contributed by atoms with van der Waals surface area (Å²) in [4.78, 5) is 0. The number of benzene rings is 1. The third-order valence-electron chi connectivity index (χ3n) is 3.07. The fourth-order valence-electron chi connectivity index (χ4n) is 2.16. The normalized spacial score (nSPS) is 21.2. The smallest absolute Gasteiger partial charge is 0.0835 e. The molecule has 1 aromatic carbocycles. The van der Waals surface area contributed by atoms with Crippen LogP contribution in [0, 0.1) is 0 Å². The van der Waals surface area contributed by atoms with Crippen molar-refractivity contribution in [3.05, 3.63) is 26.7 Å². The minimum absolute atomic E-state index is 0.286. The quantitative estimate of drug-likeness (QED) is 0.791. The maximum absolute atomic E-state index is 6.22. The fraction of sp³-hybridized carbons (Fsp3) is 0.538. The van der Waals surface area contributed by atoms with Crippen molar-refractivity contribution in [1.29, 1.82) is 0 Å². The summed E-state index contributed by atoms with van der Waals surface area (Å²) in [6.07, 6.45) is 0.976. The third kappa shape index (κ3) is 4.23. The second-order valence-corrected chi connectivity index (χ2v) is 6.34. The van der Waals surface area contributed by atoms with Gasteiger partial charge in [0.2, 0.25) is 0 Å². The highest BCUT2D eigenvalue weighted by atomic mass is 79.9. The number of morpholine rings is 1. The van der Waals surface area contributed by atoms with Gasteiger partial charge in [0.1, 0.15) is 0 Å². The van der Waals surface area contributed by atoms with Gasteiger partial charge in [-0.15, -0.1) is 0 Å². The summed E-state index contributed by atoms with van der Waals surface area (Å²) in [5.41, 5.74) is 0.860. The average molecular weight is 368 g/mol. The van der Waals surface area contributed by atoms with Crippen LogP contribution in [0.5, 0.6) is 0 Å². The topological polar surface area (TPSA) is 33.3 Å². The first-order chi connectivity index (χ1) is 9.08. The molecule has 0 bridgehead atoms. The molecule has 2 N–H and O–H groups in total. The number of rotatable bonds is 4. The third-order valence-corrected chi connectivity index (χ3v) is 4.84. The average Bonchev–Trinajstić information content (AvgIpc) is 2.41. The van der Waals surface area contributed by atoms with Crippen molar-refractivity contribution in [2.45, 2.75) is 25.4 Å². The van der Waals surface area contributed by atoms with E-state index in [0.717, 1.165) is 36.3 Å². The van der Waals surface area contributed by atoms with Crippen LogP contribution in [0.3, 0.4) is 0 Å². The molecule has 1 fully saturated rings. The summed E-state index contributed by atoms with van der Waals surface area (Å²) in [5, 5.41) is 7.92. The van der Waals surface area contributed by atoms with Crippen LogP contribution in [0.25, 0.3) is 0 Å². The maximum atomic E-state index is 6.22. The molecule has 19 heavy (non-hydrogen) atoms. The minimum atomic E-state index is 0.286. The number of halogens is 3. The van der Waals surface area contributed by atoms with E-state index in [-0.39, 0.29) is 6.04 Å². The number of ether oxygens (including phenoxy) is 1. The molecule has 1 heterocycles. The van der Waals surface area contributed by atoms with Crippen LogP contribution in [-0.2, 0) is 4.74 Å². The van der Waals surface area contributed by atoms with Gasteiger partial charge in [-0.05, 0) is 41.4 Å². The summed E-state index contributed by atoms with van der Waals surface area (Å²) in [6.45, 7) is 4.61. The molecule has 0 aromatic heterocycles. The van der Waals surface area contributed by atoms with Gasteiger partial charge < -0.3 is 15.4 Å². The first-order valence-electron chi connectivity index (χ1n) is 6.29. The van der Waals surface area contributed by atoms with E-state index < -0.39 is 0 Å². The van der Waals surface area contributed by atoms with Gasteiger partial charge in [-0.3, -0.25) is 0 Å². The second kappa shape index (κ2) is 7.14. The highest BCUT2D eigenvalue weighted by Gasteiger charge is 2.17. The lowest BCUT2D eigenvalue weighted by atomic mass is 10.1. The lowest BCUT2D eigenvalue weighted by Gasteiger charge is -2.27. The number of nitrogens with one attached hydrogen (secondary N) is 2. The second-order valence-electron chi connectivity index (χ2n) is 4.73. The van der Waals surface area contributed by atoms with Crippen LogP contribution in [0.15, 0.2) is 16.6 Å². The summed E-state index contributed by atoms with van der Waals surface area (Å²) < 4.78 is 6.25. The lowest BCUT2D eigenvalue weighted by Crippen LogP contribution is -2.43. The van der Waals surface area contributed by atoms with Crippen LogP contribution >= 0.6 is 39.1 Å². The Balaban J connectivity index is 1.94. The zero-order valence-corrected chi connectivity index (χ0v) is 13.8. The van der Waals surface area contributed by atoms with Gasteiger partial charge >= 0.3 is 0 Å². The number of hydrogen-bond acceptors (Lipinski definition) is 3. The van der Waals surface area contributed by atoms with Crippen LogP contribution in [0.2, 0.25) is 10.0 Å². The zero-order valence-electron chi connectivity index (χ0n) is 10.7. The van der Waals surface area contributed by atoms with Crippen molar-refractivity contribution >= 4 is 44.8 Å². The van der Waals surface area contributed by atoms with Crippen LogP contribution in [-0.4, -0.2) is 31.8 Å². The molecule has 0 amide bonds. The SMILES string of the molecule is CC(CC1COCCN1)Nc1ccc(Br)c(Cl)c1Cl. The van der Waals surface area contributed by atoms with Crippen molar-refractivity contribution < 1.29 is 4.74 Å². The molecule has 1 aliphatic rings. The molecule has 3 nitrogen and oxygen atoms in total. The Labute approximate surface area is 132 Å². The number of anilines is 1. The Hall–Kier alpha value is -0.000000000000000111. The van der Waals surface area contributed by atoms with E-state index in [0.29, 0.717) is 16.1 Å². The Morgan fingerprint density at radius 1 is 1.47 bits per heavy atom. The molecule has 2 rings (SSSR count). The summed E-state index contributed by atoms with van der Waals surface area (Å²) >= 11 is 15.7. The van der Waals surface area contributed by atoms with Gasteiger partial charge in [-0.25, -0.2) is 0 Å². The molecule has 0 radical (unpaired) electrons. The maximum Gasteiger partial charge on any atom is 0.0835 e. The van der Waals surface area contributed by atoms with Crippen molar-refractivity contribution in [1.82, 2.24) is 5.32 Å². The van der Waals surface area contributed by atoms with Gasteiger partial charge in [-0.1, -0.05) is 23.2 Å². The predicted octanol–water partition coefficient (Wildman–Crippen LogP) is 3.93. The molecule has 1 saturated heterocycles. The summed E-state index contributed by atoms with van der Waals surface area (Å²) in [6, 6.07) is 4.50. The van der Waals surface area contributed by atoms with Crippen molar-refractivity contribution in [3.63, 3.8) is 0 Å². The summed E-state index contributed by atoms with van der Waals surface area (Å²) in [7, 11) is 0. The number of hydrogen-bond donors (Lipinski definition) is 2. The molecular formula is C13H17BrCl2N2O. The predicted molar refractivity (Wildman–Crippen MR) is 84.5 cm³/mol. The van der Waals surface area contributed by atoms with Crippen molar-refractivity contribution in [3.8, 4) is 0 Å². The highest BCUT2D eigenvalue weighted by Crippen LogP contribution is 2.36. The van der Waals surface area contributed by atoms with E-state index in [2.05, 4.69) is 33.5 Å². The Morgan fingerprint density at radius 3 is 2.95 bits per heavy atom. The first-order valence-corrected chi connectivity index (χ1v) is 7.84. The molecule has 0 spiro atoms. The van der Waals surface area contributed by atoms with Crippen LogP contribution < -0.4 is 10.6 Å². The van der Waals surface area contributed by atoms with E-state index in [1.54, 1.807) is 0 Å². The fourth-order valence-corrected chi connectivity index (χ4v) is 2.99. The molecule has 0 aliphatic carbocycles. The minimum Gasteiger partial charge on any atom is -0.381 e. The molecule has 2 unspecified atom stereocenters. The highest BCUT2D eigenvalue weighted by molar-refractivity contribution is 9.10. The van der Waals surface area contributed by atoms with Crippen LogP contribution in [0.4, 0.5) is 5.69 Å². The Kier molecular flexibility index (Phi) is 5.78. The molecule has 0 saturated carbocycles. The molecular weight excluding hydrogens is 351 g/mol. The van der Waals surface area contributed by atoms with E-state index in [9.17, 15) is 0 Å². The molecule has 6 heteroatoms. The van der Waals surface area contributed by atoms with E-state index in [1.807, 2.05) is 12.1 Å². The van der Waals surface area contributed by atoms with E-state index in [4.69, 9.17) is 27.9 Å². The van der Waals surface area contributed by atoms with Gasteiger partial charge in [-0.2, -0.15) is 0 Å². The Morgan fingerprint density at radius 2 is 2.26 bits per heavy atom. The molecule has 106 valence electrons. The molecule has 1 aromatic rings. The van der Waals surface area contributed by atoms with Crippen LogP contribution in [0.1, 0.15) is 13.3 Å². The lowest BCUT2D eigenvalue weighted by molar-refractivity contribution is 0.0731. The van der Waals surface area contributed by atoms with Crippen molar-refractivity contribution in [2.24, 2.45) is 0 Å². The van der Waals surface area contributed by atoms with Gasteiger partial charge in [0, 0.05) is 23.1 Å². The van der Waals surface area contributed by atoms with E-state index in [1.165, 1.54) is 0 Å². The zero-order chi connectivity index (χ0) is 13.8. The first kappa shape index (κ1) is 15.4. The van der Waals surface area contributed by atoms with Gasteiger partial charge in [0.15, 0.2) is 0 Å². The monoisotopic (exact) mass is 366 g/mol.